The number of nitrogens with zero attached hydrogens (tertiary/aromatic N) is 2. The molecule has 2 unspecified atom stereocenters. The van der Waals surface area contributed by atoms with Crippen LogP contribution in [0.15, 0.2) is 42.6 Å². The Bertz CT molecular complexity index is 1120. The number of anilines is 3. The minimum Gasteiger partial charge on any atom is -0.398 e. The average Bonchev–Trinajstić information content (AvgIpc) is 3.44. The fraction of sp³-hybridized carbons (Fsp3) is 0.190. The summed E-state index contributed by atoms with van der Waals surface area (Å²) in [6, 6.07) is 13.6. The molecule has 1 heterocycles. The van der Waals surface area contributed by atoms with Crippen LogP contribution >= 0.6 is 0 Å². The van der Waals surface area contributed by atoms with E-state index in [1.165, 1.54) is 0 Å². The van der Waals surface area contributed by atoms with E-state index >= 15 is 0 Å². The van der Waals surface area contributed by atoms with Crippen LogP contribution in [0, 0.1) is 30.1 Å². The van der Waals surface area contributed by atoms with E-state index < -0.39 is 0 Å². The van der Waals surface area contributed by atoms with E-state index in [-0.39, 0.29) is 17.7 Å². The standard InChI is InChI=1S/C21H19N5O/c1-11-15(3-2-4-18(11)23)12-5-13-8-20(25-10-17(13)19(24)7-12)26-21(27)16-6-14(16)9-22/h2-5,7-8,10,14,16H,6,23-24H2,1H3,(H,25,26,27). The minimum atomic E-state index is -0.237. The van der Waals surface area contributed by atoms with Gasteiger partial charge in [-0.2, -0.15) is 5.26 Å². The molecule has 3 aromatic rings. The van der Waals surface area contributed by atoms with Crippen LogP contribution in [0.3, 0.4) is 0 Å². The molecule has 2 aromatic carbocycles. The number of pyridine rings is 1. The Kier molecular flexibility index (Phi) is 3.93. The van der Waals surface area contributed by atoms with Crippen molar-refractivity contribution in [3.63, 3.8) is 0 Å². The van der Waals surface area contributed by atoms with E-state index in [1.807, 2.05) is 37.3 Å². The lowest BCUT2D eigenvalue weighted by Crippen LogP contribution is -2.15. The zero-order chi connectivity index (χ0) is 19.1. The van der Waals surface area contributed by atoms with Crippen molar-refractivity contribution in [2.45, 2.75) is 13.3 Å². The summed E-state index contributed by atoms with van der Waals surface area (Å²) in [4.78, 5) is 16.5. The van der Waals surface area contributed by atoms with Crippen LogP contribution in [0.4, 0.5) is 17.2 Å². The largest absolute Gasteiger partial charge is 0.398 e. The first-order valence-electron chi connectivity index (χ1n) is 8.73. The number of nitriles is 1. The van der Waals surface area contributed by atoms with Gasteiger partial charge in [0.2, 0.25) is 5.91 Å². The Balaban J connectivity index is 1.71. The molecule has 1 fully saturated rings. The number of amides is 1. The molecule has 0 spiro atoms. The number of nitrogens with one attached hydrogen (secondary N) is 1. The van der Waals surface area contributed by atoms with Gasteiger partial charge in [0.05, 0.1) is 17.9 Å². The van der Waals surface area contributed by atoms with Crippen LogP contribution < -0.4 is 16.8 Å². The van der Waals surface area contributed by atoms with Gasteiger partial charge in [-0.15, -0.1) is 0 Å². The fourth-order valence-electron chi connectivity index (χ4n) is 3.32. The Morgan fingerprint density at radius 1 is 1.26 bits per heavy atom. The van der Waals surface area contributed by atoms with Gasteiger partial charge in [-0.25, -0.2) is 4.98 Å². The highest BCUT2D eigenvalue weighted by Crippen LogP contribution is 2.38. The van der Waals surface area contributed by atoms with Crippen LogP contribution in [0.25, 0.3) is 21.9 Å². The smallest absolute Gasteiger partial charge is 0.230 e. The third-order valence-electron chi connectivity index (χ3n) is 5.10. The summed E-state index contributed by atoms with van der Waals surface area (Å²) in [6.07, 6.45) is 2.27. The van der Waals surface area contributed by atoms with Crippen molar-refractivity contribution >= 4 is 33.9 Å². The van der Waals surface area contributed by atoms with E-state index in [9.17, 15) is 4.79 Å². The first-order chi connectivity index (χ1) is 13.0. The van der Waals surface area contributed by atoms with Gasteiger partial charge >= 0.3 is 0 Å². The van der Waals surface area contributed by atoms with Crippen LogP contribution in [0.5, 0.6) is 0 Å². The van der Waals surface area contributed by atoms with Gasteiger partial charge in [0.15, 0.2) is 0 Å². The molecule has 0 radical (unpaired) electrons. The van der Waals surface area contributed by atoms with Gasteiger partial charge in [0.1, 0.15) is 5.82 Å². The molecule has 1 aromatic heterocycles. The summed E-state index contributed by atoms with van der Waals surface area (Å²) in [5.41, 5.74) is 16.6. The molecule has 134 valence electrons. The summed E-state index contributed by atoms with van der Waals surface area (Å²) >= 11 is 0. The van der Waals surface area contributed by atoms with Crippen LogP contribution in [0.1, 0.15) is 12.0 Å². The van der Waals surface area contributed by atoms with Crippen molar-refractivity contribution in [2.75, 3.05) is 16.8 Å². The highest BCUT2D eigenvalue weighted by atomic mass is 16.2. The Hall–Kier alpha value is -3.59. The fourth-order valence-corrected chi connectivity index (χ4v) is 3.32. The number of hydrogen-bond donors (Lipinski definition) is 3. The second kappa shape index (κ2) is 6.29. The zero-order valence-electron chi connectivity index (χ0n) is 14.9. The predicted octanol–water partition coefficient (Wildman–Crippen LogP) is 3.47. The molecule has 6 nitrogen and oxygen atoms in total. The van der Waals surface area contributed by atoms with Crippen molar-refractivity contribution in [2.24, 2.45) is 11.8 Å². The Morgan fingerprint density at radius 3 is 2.81 bits per heavy atom. The normalized spacial score (nSPS) is 18.1. The SMILES string of the molecule is Cc1c(N)cccc1-c1cc(N)c2cnc(NC(=O)C3CC3C#N)cc2c1. The number of carbonyl (C=O) groups excluding carboxylic acids is 1. The zero-order valence-corrected chi connectivity index (χ0v) is 14.9. The van der Waals surface area contributed by atoms with E-state index in [0.29, 0.717) is 17.9 Å². The van der Waals surface area contributed by atoms with Crippen molar-refractivity contribution in [1.82, 2.24) is 4.98 Å². The summed E-state index contributed by atoms with van der Waals surface area (Å²) in [6.45, 7) is 1.98. The molecule has 5 N–H and O–H groups in total. The number of carbonyl (C=O) groups is 1. The third-order valence-corrected chi connectivity index (χ3v) is 5.10. The van der Waals surface area contributed by atoms with Gasteiger partial charge in [0, 0.05) is 23.0 Å². The van der Waals surface area contributed by atoms with E-state index in [0.717, 1.165) is 33.2 Å². The van der Waals surface area contributed by atoms with Crippen LogP contribution in [-0.2, 0) is 4.79 Å². The predicted molar refractivity (Wildman–Crippen MR) is 107 cm³/mol. The number of hydrogen-bond acceptors (Lipinski definition) is 5. The molecule has 27 heavy (non-hydrogen) atoms. The molecule has 2 atom stereocenters. The summed E-state index contributed by atoms with van der Waals surface area (Å²) in [5.74, 6) is -0.126. The number of rotatable bonds is 3. The van der Waals surface area contributed by atoms with E-state index in [2.05, 4.69) is 16.4 Å². The number of nitrogen functional groups attached to an aromatic ring is 2. The molecule has 6 heteroatoms. The summed E-state index contributed by atoms with van der Waals surface area (Å²) in [5, 5.41) is 13.4. The lowest BCUT2D eigenvalue weighted by Gasteiger charge is -2.12. The van der Waals surface area contributed by atoms with Gasteiger partial charge in [0.25, 0.3) is 0 Å². The first kappa shape index (κ1) is 16.9. The van der Waals surface area contributed by atoms with Crippen molar-refractivity contribution < 1.29 is 4.79 Å². The second-order valence-electron chi connectivity index (χ2n) is 6.94. The maximum atomic E-state index is 12.2. The molecule has 1 aliphatic rings. The van der Waals surface area contributed by atoms with Gasteiger partial charge in [-0.1, -0.05) is 12.1 Å². The number of aromatic nitrogens is 1. The number of nitrogens with two attached hydrogens (primary N) is 2. The molecule has 1 saturated carbocycles. The summed E-state index contributed by atoms with van der Waals surface area (Å²) in [7, 11) is 0. The van der Waals surface area contributed by atoms with Crippen molar-refractivity contribution in [3.8, 4) is 17.2 Å². The first-order valence-corrected chi connectivity index (χ1v) is 8.73. The molecule has 4 rings (SSSR count). The molecule has 0 aliphatic heterocycles. The number of benzene rings is 2. The van der Waals surface area contributed by atoms with Crippen LogP contribution in [0.2, 0.25) is 0 Å². The monoisotopic (exact) mass is 357 g/mol. The van der Waals surface area contributed by atoms with Gasteiger partial charge in [-0.05, 0) is 59.7 Å². The van der Waals surface area contributed by atoms with Crippen LogP contribution in [-0.4, -0.2) is 10.9 Å². The number of fused-ring (bicyclic) bond motifs is 1. The van der Waals surface area contributed by atoms with Crippen molar-refractivity contribution in [1.29, 1.82) is 5.26 Å². The van der Waals surface area contributed by atoms with E-state index in [4.69, 9.17) is 16.7 Å². The molecular weight excluding hydrogens is 338 g/mol. The van der Waals surface area contributed by atoms with E-state index in [1.54, 1.807) is 12.3 Å². The second-order valence-corrected chi connectivity index (χ2v) is 6.94. The topological polar surface area (TPSA) is 118 Å². The average molecular weight is 357 g/mol. The molecule has 1 amide bonds. The molecule has 0 bridgehead atoms. The third kappa shape index (κ3) is 3.04. The van der Waals surface area contributed by atoms with Crippen molar-refractivity contribution in [3.05, 3.63) is 48.2 Å². The molecule has 0 saturated heterocycles. The quantitative estimate of drug-likeness (QED) is 0.620. The minimum absolute atomic E-state index is 0.163. The maximum Gasteiger partial charge on any atom is 0.230 e. The Morgan fingerprint density at radius 2 is 2.07 bits per heavy atom. The highest BCUT2D eigenvalue weighted by molar-refractivity contribution is 6.00. The Labute approximate surface area is 156 Å². The highest BCUT2D eigenvalue weighted by Gasteiger charge is 2.43. The van der Waals surface area contributed by atoms with Gasteiger partial charge in [-0.3, -0.25) is 4.79 Å². The molecular formula is C21H19N5O. The summed E-state index contributed by atoms with van der Waals surface area (Å²) < 4.78 is 0. The lowest BCUT2D eigenvalue weighted by molar-refractivity contribution is -0.117. The maximum absolute atomic E-state index is 12.2. The lowest BCUT2D eigenvalue weighted by atomic mass is 9.96. The van der Waals surface area contributed by atoms with Gasteiger partial charge < -0.3 is 16.8 Å². The molecule has 1 aliphatic carbocycles.